The van der Waals surface area contributed by atoms with E-state index in [2.05, 4.69) is 4.72 Å². The fourth-order valence-electron chi connectivity index (χ4n) is 1.37. The monoisotopic (exact) mass is 301 g/mol. The van der Waals surface area contributed by atoms with Gasteiger partial charge in [-0.2, -0.15) is 9.65 Å². The van der Waals surface area contributed by atoms with Crippen LogP contribution in [-0.4, -0.2) is 19.9 Å². The first-order chi connectivity index (χ1) is 9.19. The van der Waals surface area contributed by atoms with Crippen molar-refractivity contribution in [3.05, 3.63) is 33.6 Å². The molecular formula is C11H12FN3O4S. The molecule has 0 radical (unpaired) electrons. The van der Waals surface area contributed by atoms with Crippen molar-refractivity contribution in [1.29, 1.82) is 5.26 Å². The highest BCUT2D eigenvalue weighted by Crippen LogP contribution is 2.24. The molecule has 0 aliphatic carbocycles. The van der Waals surface area contributed by atoms with E-state index in [-0.39, 0.29) is 12.1 Å². The number of nitrogens with zero attached hydrogens (tertiary/aromatic N) is 2. The van der Waals surface area contributed by atoms with Crippen molar-refractivity contribution in [3.63, 3.8) is 0 Å². The smallest absolute Gasteiger partial charge is 0.258 e. The zero-order valence-corrected chi connectivity index (χ0v) is 11.6. The van der Waals surface area contributed by atoms with E-state index in [1.165, 1.54) is 13.8 Å². The fraction of sp³-hybridized carbons (Fsp3) is 0.364. The number of hydrogen-bond donors (Lipinski definition) is 1. The third-order valence-corrected chi connectivity index (χ3v) is 3.92. The van der Waals surface area contributed by atoms with Crippen LogP contribution in [0.15, 0.2) is 17.0 Å². The van der Waals surface area contributed by atoms with Gasteiger partial charge in [-0.15, -0.1) is 0 Å². The number of rotatable bonds is 5. The first-order valence-corrected chi connectivity index (χ1v) is 7.01. The van der Waals surface area contributed by atoms with Gasteiger partial charge in [-0.25, -0.2) is 13.1 Å². The molecule has 108 valence electrons. The summed E-state index contributed by atoms with van der Waals surface area (Å²) >= 11 is 0. The van der Waals surface area contributed by atoms with Crippen molar-refractivity contribution < 1.29 is 17.7 Å². The van der Waals surface area contributed by atoms with Gasteiger partial charge >= 0.3 is 5.69 Å². The molecule has 0 aromatic heterocycles. The summed E-state index contributed by atoms with van der Waals surface area (Å²) in [4.78, 5) is 9.28. The number of aryl methyl sites for hydroxylation is 1. The Bertz CT molecular complexity index is 682. The minimum Gasteiger partial charge on any atom is -0.258 e. The van der Waals surface area contributed by atoms with Gasteiger partial charge in [0.15, 0.2) is 0 Å². The Morgan fingerprint density at radius 2 is 2.15 bits per heavy atom. The maximum atomic E-state index is 13.5. The normalized spacial score (nSPS) is 12.7. The molecule has 0 spiro atoms. The number of nitriles is 1. The van der Waals surface area contributed by atoms with E-state index < -0.39 is 37.3 Å². The predicted molar refractivity (Wildman–Crippen MR) is 67.8 cm³/mol. The van der Waals surface area contributed by atoms with Crippen LogP contribution in [0.2, 0.25) is 0 Å². The molecular weight excluding hydrogens is 289 g/mol. The van der Waals surface area contributed by atoms with Gasteiger partial charge in [0, 0.05) is 12.6 Å². The molecule has 1 N–H and O–H groups in total. The molecule has 0 saturated carbocycles. The average Bonchev–Trinajstić information content (AvgIpc) is 2.38. The molecule has 1 aromatic carbocycles. The van der Waals surface area contributed by atoms with Crippen LogP contribution in [0.5, 0.6) is 0 Å². The number of sulfonamides is 1. The van der Waals surface area contributed by atoms with Crippen LogP contribution in [0.4, 0.5) is 10.1 Å². The molecule has 20 heavy (non-hydrogen) atoms. The Morgan fingerprint density at radius 1 is 1.55 bits per heavy atom. The molecule has 1 aromatic rings. The summed E-state index contributed by atoms with van der Waals surface area (Å²) in [5.74, 6) is -1.62. The van der Waals surface area contributed by atoms with Crippen molar-refractivity contribution in [2.24, 2.45) is 5.92 Å². The molecule has 0 saturated heterocycles. The van der Waals surface area contributed by atoms with E-state index in [1.54, 1.807) is 0 Å². The van der Waals surface area contributed by atoms with Crippen LogP contribution in [0.25, 0.3) is 0 Å². The highest BCUT2D eigenvalue weighted by atomic mass is 32.2. The lowest BCUT2D eigenvalue weighted by molar-refractivity contribution is -0.387. The molecule has 0 aliphatic heterocycles. The maximum Gasteiger partial charge on any atom is 0.306 e. The van der Waals surface area contributed by atoms with E-state index in [0.29, 0.717) is 6.07 Å². The summed E-state index contributed by atoms with van der Waals surface area (Å²) in [6, 6.07) is 3.50. The number of nitro benzene ring substituents is 1. The van der Waals surface area contributed by atoms with Crippen LogP contribution in [0.1, 0.15) is 12.5 Å². The number of nitro groups is 1. The standard InChI is InChI=1S/C11H12FN3O4S/c1-7(5-13)6-14-20(18,19)9-3-8(2)11(12)10(4-9)15(16)17/h3-4,7,14H,6H2,1-2H3. The molecule has 7 nitrogen and oxygen atoms in total. The largest absolute Gasteiger partial charge is 0.306 e. The highest BCUT2D eigenvalue weighted by Gasteiger charge is 2.24. The highest BCUT2D eigenvalue weighted by molar-refractivity contribution is 7.89. The lowest BCUT2D eigenvalue weighted by Crippen LogP contribution is -2.28. The van der Waals surface area contributed by atoms with Crippen molar-refractivity contribution >= 4 is 15.7 Å². The van der Waals surface area contributed by atoms with Crippen molar-refractivity contribution in [2.45, 2.75) is 18.7 Å². The molecule has 0 amide bonds. The van der Waals surface area contributed by atoms with E-state index in [0.717, 1.165) is 6.07 Å². The second-order valence-electron chi connectivity index (χ2n) is 4.21. The minimum atomic E-state index is -4.03. The van der Waals surface area contributed by atoms with Gasteiger partial charge in [-0.05, 0) is 25.5 Å². The van der Waals surface area contributed by atoms with Gasteiger partial charge in [0.1, 0.15) is 0 Å². The van der Waals surface area contributed by atoms with Crippen molar-refractivity contribution in [3.8, 4) is 6.07 Å². The van der Waals surface area contributed by atoms with Crippen LogP contribution < -0.4 is 4.72 Å². The second-order valence-corrected chi connectivity index (χ2v) is 5.98. The Balaban J connectivity index is 3.20. The van der Waals surface area contributed by atoms with Gasteiger partial charge in [0.25, 0.3) is 0 Å². The predicted octanol–water partition coefficient (Wildman–Crippen LogP) is 1.48. The first kappa shape index (κ1) is 16.0. The van der Waals surface area contributed by atoms with Crippen LogP contribution in [-0.2, 0) is 10.0 Å². The molecule has 1 atom stereocenters. The summed E-state index contributed by atoms with van der Waals surface area (Å²) in [5.41, 5.74) is -1.05. The van der Waals surface area contributed by atoms with E-state index in [4.69, 9.17) is 5.26 Å². The molecule has 0 heterocycles. The van der Waals surface area contributed by atoms with E-state index in [1.807, 2.05) is 6.07 Å². The summed E-state index contributed by atoms with van der Waals surface area (Å²) in [6.45, 7) is 2.61. The van der Waals surface area contributed by atoms with Gasteiger partial charge in [-0.3, -0.25) is 10.1 Å². The van der Waals surface area contributed by atoms with Crippen LogP contribution >= 0.6 is 0 Å². The molecule has 9 heteroatoms. The minimum absolute atomic E-state index is 0.136. The Labute approximate surface area is 115 Å². The van der Waals surface area contributed by atoms with Crippen molar-refractivity contribution in [2.75, 3.05) is 6.54 Å². The SMILES string of the molecule is Cc1cc(S(=O)(=O)NCC(C)C#N)cc([N+](=O)[O-])c1F. The molecule has 1 unspecified atom stereocenters. The lowest BCUT2D eigenvalue weighted by atomic mass is 10.2. The zero-order chi connectivity index (χ0) is 15.5. The summed E-state index contributed by atoms with van der Waals surface area (Å²) in [5, 5.41) is 19.2. The molecule has 0 aliphatic rings. The van der Waals surface area contributed by atoms with Crippen molar-refractivity contribution in [1.82, 2.24) is 4.72 Å². The molecule has 1 rings (SSSR count). The van der Waals surface area contributed by atoms with Crippen LogP contribution in [0, 0.1) is 40.1 Å². The Morgan fingerprint density at radius 3 is 2.65 bits per heavy atom. The van der Waals surface area contributed by atoms with Crippen LogP contribution in [0.3, 0.4) is 0 Å². The summed E-state index contributed by atoms with van der Waals surface area (Å²) < 4.78 is 39.5. The zero-order valence-electron chi connectivity index (χ0n) is 10.8. The molecule has 0 fully saturated rings. The third-order valence-electron chi connectivity index (χ3n) is 2.52. The number of halogens is 1. The summed E-state index contributed by atoms with van der Waals surface area (Å²) in [6.07, 6.45) is 0. The quantitative estimate of drug-likeness (QED) is 0.653. The Kier molecular flexibility index (Phi) is 4.75. The third kappa shape index (κ3) is 3.49. The van der Waals surface area contributed by atoms with E-state index >= 15 is 0 Å². The summed E-state index contributed by atoms with van der Waals surface area (Å²) in [7, 11) is -4.03. The van der Waals surface area contributed by atoms with Gasteiger partial charge < -0.3 is 0 Å². The van der Waals surface area contributed by atoms with E-state index in [9.17, 15) is 22.9 Å². The maximum absolute atomic E-state index is 13.5. The Hall–Kier alpha value is -2.05. The topological polar surface area (TPSA) is 113 Å². The molecule has 0 bridgehead atoms. The second kappa shape index (κ2) is 5.94. The number of nitrogens with one attached hydrogen (secondary N) is 1. The van der Waals surface area contributed by atoms with Gasteiger partial charge in [0.05, 0.1) is 21.8 Å². The van der Waals surface area contributed by atoms with Gasteiger partial charge in [-0.1, -0.05) is 0 Å². The number of hydrogen-bond acceptors (Lipinski definition) is 5. The lowest BCUT2D eigenvalue weighted by Gasteiger charge is -2.09. The number of benzene rings is 1. The first-order valence-electron chi connectivity index (χ1n) is 5.53. The fourth-order valence-corrected chi connectivity index (χ4v) is 2.61. The average molecular weight is 301 g/mol. The van der Waals surface area contributed by atoms with Gasteiger partial charge in [0.2, 0.25) is 15.8 Å².